The van der Waals surface area contributed by atoms with Crippen molar-refractivity contribution in [1.29, 1.82) is 0 Å². The van der Waals surface area contributed by atoms with E-state index in [9.17, 15) is 4.79 Å². The first-order valence-corrected chi connectivity index (χ1v) is 9.15. The van der Waals surface area contributed by atoms with Gasteiger partial charge in [0.05, 0.1) is 12.3 Å². The Morgan fingerprint density at radius 1 is 1.26 bits per heavy atom. The monoisotopic (exact) mass is 464 g/mol. The van der Waals surface area contributed by atoms with Crippen molar-refractivity contribution in [2.75, 3.05) is 47.0 Å². The molecule has 0 bridgehead atoms. The topological polar surface area (TPSA) is 80.9 Å². The predicted molar refractivity (Wildman–Crippen MR) is 116 cm³/mol. The third-order valence-corrected chi connectivity index (χ3v) is 5.27. The average molecular weight is 466 g/mol. The van der Waals surface area contributed by atoms with E-state index in [-0.39, 0.29) is 55.8 Å². The molecule has 1 aliphatic rings. The molecule has 0 aliphatic carbocycles. The number of amides is 1. The molecule has 0 aromatic carbocycles. The minimum Gasteiger partial charge on any atom is -0.383 e. The van der Waals surface area contributed by atoms with Gasteiger partial charge in [0.15, 0.2) is 0 Å². The zero-order chi connectivity index (χ0) is 17.5. The Hall–Kier alpha value is -0.190. The average Bonchev–Trinajstić information content (AvgIpc) is 2.92. The zero-order valence-electron chi connectivity index (χ0n) is 16.0. The molecule has 0 radical (unpaired) electrons. The lowest BCUT2D eigenvalue weighted by atomic mass is 10.2. The van der Waals surface area contributed by atoms with Crippen molar-refractivity contribution < 1.29 is 14.3 Å². The summed E-state index contributed by atoms with van der Waals surface area (Å²) in [6.45, 7) is 6.30. The van der Waals surface area contributed by atoms with E-state index in [0.29, 0.717) is 6.54 Å². The molecule has 0 saturated carbocycles. The predicted octanol–water partition coefficient (Wildman–Crippen LogP) is 2.12. The van der Waals surface area contributed by atoms with Crippen LogP contribution in [0.25, 0.3) is 0 Å². The minimum absolute atomic E-state index is 0. The molecule has 160 valence electrons. The summed E-state index contributed by atoms with van der Waals surface area (Å²) in [6, 6.07) is -0.571. The number of nitrogens with zero attached hydrogens (tertiary/aromatic N) is 3. The standard InChI is InChI=1S/C16H28N4O3S.3ClH/c1-12(23-3)15-18-13(11-24-15)9-19-5-4-6-20(8-7-19)16(21)14(17)10-22-2;;;/h11-12,14H,4-10,17H2,1-3H3;3*1H. The molecule has 7 nitrogen and oxygen atoms in total. The molecule has 11 heteroatoms. The van der Waals surface area contributed by atoms with Crippen LogP contribution in [0.15, 0.2) is 5.38 Å². The fraction of sp³-hybridized carbons (Fsp3) is 0.750. The quantitative estimate of drug-likeness (QED) is 0.664. The summed E-state index contributed by atoms with van der Waals surface area (Å²) in [5.74, 6) is -0.0245. The van der Waals surface area contributed by atoms with E-state index >= 15 is 0 Å². The molecule has 0 spiro atoms. The van der Waals surface area contributed by atoms with E-state index < -0.39 is 6.04 Å². The highest BCUT2D eigenvalue weighted by atomic mass is 35.5. The van der Waals surface area contributed by atoms with Crippen LogP contribution >= 0.6 is 48.6 Å². The number of rotatable bonds is 7. The minimum atomic E-state index is -0.571. The fourth-order valence-corrected chi connectivity index (χ4v) is 3.59. The number of hydrogen-bond acceptors (Lipinski definition) is 7. The molecule has 1 aromatic heterocycles. The normalized spacial score (nSPS) is 17.0. The van der Waals surface area contributed by atoms with E-state index in [1.165, 1.54) is 0 Å². The van der Waals surface area contributed by atoms with Crippen LogP contribution in [0.2, 0.25) is 0 Å². The Labute approximate surface area is 184 Å². The lowest BCUT2D eigenvalue weighted by Crippen LogP contribution is -2.47. The molecule has 1 fully saturated rings. The van der Waals surface area contributed by atoms with E-state index in [4.69, 9.17) is 15.2 Å². The van der Waals surface area contributed by atoms with Crippen molar-refractivity contribution in [1.82, 2.24) is 14.8 Å². The lowest BCUT2D eigenvalue weighted by Gasteiger charge is -2.24. The zero-order valence-corrected chi connectivity index (χ0v) is 19.2. The van der Waals surface area contributed by atoms with Crippen molar-refractivity contribution in [2.24, 2.45) is 5.73 Å². The van der Waals surface area contributed by atoms with Gasteiger partial charge in [-0.05, 0) is 13.3 Å². The van der Waals surface area contributed by atoms with Crippen LogP contribution in [-0.2, 0) is 20.8 Å². The molecular weight excluding hydrogens is 435 g/mol. The van der Waals surface area contributed by atoms with Gasteiger partial charge in [0, 0.05) is 52.3 Å². The number of aromatic nitrogens is 1. The molecule has 2 heterocycles. The molecule has 2 rings (SSSR count). The fourth-order valence-electron chi connectivity index (χ4n) is 2.75. The van der Waals surface area contributed by atoms with Gasteiger partial charge in [-0.1, -0.05) is 0 Å². The van der Waals surface area contributed by atoms with Crippen molar-refractivity contribution in [2.45, 2.75) is 32.0 Å². The number of thiazole rings is 1. The van der Waals surface area contributed by atoms with Gasteiger partial charge in [-0.2, -0.15) is 0 Å². The van der Waals surface area contributed by atoms with Crippen LogP contribution in [0.5, 0.6) is 0 Å². The van der Waals surface area contributed by atoms with E-state index in [0.717, 1.165) is 43.3 Å². The van der Waals surface area contributed by atoms with Gasteiger partial charge in [0.1, 0.15) is 17.2 Å². The largest absolute Gasteiger partial charge is 0.383 e. The third-order valence-electron chi connectivity index (χ3n) is 4.22. The van der Waals surface area contributed by atoms with Gasteiger partial charge >= 0.3 is 0 Å². The molecule has 1 saturated heterocycles. The van der Waals surface area contributed by atoms with Crippen LogP contribution in [0, 0.1) is 0 Å². The molecular formula is C16H31Cl3N4O3S. The molecule has 27 heavy (non-hydrogen) atoms. The number of halogens is 3. The summed E-state index contributed by atoms with van der Waals surface area (Å²) in [5, 5.41) is 3.09. The summed E-state index contributed by atoms with van der Waals surface area (Å²) in [4.78, 5) is 21.1. The maximum Gasteiger partial charge on any atom is 0.241 e. The molecule has 2 unspecified atom stereocenters. The van der Waals surface area contributed by atoms with Crippen molar-refractivity contribution >= 4 is 54.5 Å². The van der Waals surface area contributed by atoms with E-state index in [1.54, 1.807) is 25.6 Å². The van der Waals surface area contributed by atoms with Crippen LogP contribution in [0.4, 0.5) is 0 Å². The van der Waals surface area contributed by atoms with Crippen molar-refractivity contribution in [3.05, 3.63) is 16.1 Å². The lowest BCUT2D eigenvalue weighted by molar-refractivity contribution is -0.133. The number of methoxy groups -OCH3 is 2. The van der Waals surface area contributed by atoms with Crippen LogP contribution in [0.1, 0.15) is 30.2 Å². The second-order valence-electron chi connectivity index (χ2n) is 6.07. The SMILES string of the molecule is COCC(N)C(=O)N1CCCN(Cc2csc(C(C)OC)n2)CC1.Cl.Cl.Cl. The number of nitrogens with two attached hydrogens (primary N) is 1. The molecule has 1 aliphatic heterocycles. The summed E-state index contributed by atoms with van der Waals surface area (Å²) in [5.41, 5.74) is 6.93. The summed E-state index contributed by atoms with van der Waals surface area (Å²) < 4.78 is 10.3. The van der Waals surface area contributed by atoms with Gasteiger partial charge in [-0.3, -0.25) is 9.69 Å². The molecule has 1 amide bonds. The second-order valence-corrected chi connectivity index (χ2v) is 6.96. The highest BCUT2D eigenvalue weighted by molar-refractivity contribution is 7.09. The van der Waals surface area contributed by atoms with Gasteiger partial charge < -0.3 is 20.1 Å². The molecule has 2 N–H and O–H groups in total. The highest BCUT2D eigenvalue weighted by Gasteiger charge is 2.24. The first-order valence-electron chi connectivity index (χ1n) is 8.28. The second kappa shape index (κ2) is 14.8. The summed E-state index contributed by atoms with van der Waals surface area (Å²) in [6.07, 6.45) is 0.972. The van der Waals surface area contributed by atoms with Crippen LogP contribution < -0.4 is 5.73 Å². The first-order chi connectivity index (χ1) is 11.5. The van der Waals surface area contributed by atoms with E-state index in [2.05, 4.69) is 15.3 Å². The smallest absolute Gasteiger partial charge is 0.241 e. The molecule has 2 atom stereocenters. The molecule has 1 aromatic rings. The number of carbonyl (C=O) groups excluding carboxylic acids is 1. The Kier molecular flexibility index (Phi) is 15.9. The van der Waals surface area contributed by atoms with Gasteiger partial charge in [-0.15, -0.1) is 48.6 Å². The first kappa shape index (κ1) is 29.0. The maximum absolute atomic E-state index is 12.3. The maximum atomic E-state index is 12.3. The van der Waals surface area contributed by atoms with Gasteiger partial charge in [-0.25, -0.2) is 4.98 Å². The summed E-state index contributed by atoms with van der Waals surface area (Å²) in [7, 11) is 3.25. The highest BCUT2D eigenvalue weighted by Crippen LogP contribution is 2.21. The van der Waals surface area contributed by atoms with Crippen LogP contribution in [0.3, 0.4) is 0 Å². The van der Waals surface area contributed by atoms with Crippen molar-refractivity contribution in [3.8, 4) is 0 Å². The Bertz CT molecular complexity index is 539. The van der Waals surface area contributed by atoms with Crippen molar-refractivity contribution in [3.63, 3.8) is 0 Å². The number of carbonyl (C=O) groups is 1. The third kappa shape index (κ3) is 8.79. The van der Waals surface area contributed by atoms with E-state index in [1.807, 2.05) is 11.8 Å². The number of hydrogen-bond donors (Lipinski definition) is 1. The number of ether oxygens (including phenoxy) is 2. The Morgan fingerprint density at radius 2 is 1.96 bits per heavy atom. The summed E-state index contributed by atoms with van der Waals surface area (Å²) >= 11 is 1.63. The van der Waals surface area contributed by atoms with Gasteiger partial charge in [0.25, 0.3) is 0 Å². The van der Waals surface area contributed by atoms with Gasteiger partial charge in [0.2, 0.25) is 5.91 Å². The Morgan fingerprint density at radius 3 is 2.59 bits per heavy atom. The van der Waals surface area contributed by atoms with Crippen LogP contribution in [-0.4, -0.2) is 73.7 Å². The Balaban J connectivity index is 0.